The van der Waals surface area contributed by atoms with E-state index in [0.717, 1.165) is 12.0 Å². The molecular weight excluding hydrogens is 539 g/mol. The summed E-state index contributed by atoms with van der Waals surface area (Å²) in [4.78, 5) is 31.2. The van der Waals surface area contributed by atoms with Crippen molar-refractivity contribution in [3.63, 3.8) is 0 Å². The van der Waals surface area contributed by atoms with Crippen LogP contribution in [-0.2, 0) is 16.1 Å². The van der Waals surface area contributed by atoms with Gasteiger partial charge in [0.1, 0.15) is 0 Å². The Balaban J connectivity index is 0.00000306. The van der Waals surface area contributed by atoms with Crippen LogP contribution in [-0.4, -0.2) is 64.1 Å². The molecule has 1 aromatic carbocycles. The molecule has 10 heteroatoms. The number of aliphatic imine (C=N–C) groups is 1. The fraction of sp³-hybridized carbons (Fsp3) is 0.522. The van der Waals surface area contributed by atoms with E-state index in [1.807, 2.05) is 12.1 Å². The van der Waals surface area contributed by atoms with E-state index in [4.69, 9.17) is 14.2 Å². The number of methoxy groups -OCH3 is 3. The van der Waals surface area contributed by atoms with Crippen molar-refractivity contribution in [3.05, 3.63) is 29.8 Å². The summed E-state index contributed by atoms with van der Waals surface area (Å²) in [6.07, 6.45) is 5.15. The highest BCUT2D eigenvalue weighted by atomic mass is 127. The molecule has 4 unspecified atom stereocenters. The van der Waals surface area contributed by atoms with Gasteiger partial charge in [0.25, 0.3) is 0 Å². The molecule has 33 heavy (non-hydrogen) atoms. The summed E-state index contributed by atoms with van der Waals surface area (Å²) in [5, 5.41) is 6.41. The van der Waals surface area contributed by atoms with E-state index in [1.54, 1.807) is 28.4 Å². The Labute approximate surface area is 210 Å². The van der Waals surface area contributed by atoms with Crippen molar-refractivity contribution in [2.75, 3.05) is 41.5 Å². The van der Waals surface area contributed by atoms with Gasteiger partial charge in [-0.2, -0.15) is 0 Å². The normalized spacial score (nSPS) is 25.1. The SMILES string of the molecule is CN=C(NCCN1C(=O)C2C3C=CC(C3)C2C1=O)NCc1ccc(OC)c(OC)c1OC.I. The number of hydrogen-bond acceptors (Lipinski definition) is 6. The van der Waals surface area contributed by atoms with Crippen LogP contribution in [0.3, 0.4) is 0 Å². The lowest BCUT2D eigenvalue weighted by atomic mass is 9.85. The Kier molecular flexibility index (Phi) is 8.09. The van der Waals surface area contributed by atoms with Gasteiger partial charge in [-0.15, -0.1) is 24.0 Å². The third kappa shape index (κ3) is 4.49. The summed E-state index contributed by atoms with van der Waals surface area (Å²) in [5.41, 5.74) is 0.869. The summed E-state index contributed by atoms with van der Waals surface area (Å²) in [7, 11) is 6.39. The average Bonchev–Trinajstić information content (AvgIpc) is 3.50. The predicted octanol–water partition coefficient (Wildman–Crippen LogP) is 1.80. The first-order chi connectivity index (χ1) is 15.5. The molecule has 1 saturated heterocycles. The van der Waals surface area contributed by atoms with Crippen LogP contribution in [0.25, 0.3) is 0 Å². The largest absolute Gasteiger partial charge is 0.493 e. The molecule has 0 aromatic heterocycles. The van der Waals surface area contributed by atoms with E-state index >= 15 is 0 Å². The predicted molar refractivity (Wildman–Crippen MR) is 134 cm³/mol. The fourth-order valence-electron chi connectivity index (χ4n) is 5.17. The Morgan fingerprint density at radius 1 is 1.00 bits per heavy atom. The maximum absolute atomic E-state index is 12.8. The molecule has 1 heterocycles. The maximum atomic E-state index is 12.8. The highest BCUT2D eigenvalue weighted by molar-refractivity contribution is 14.0. The zero-order chi connectivity index (χ0) is 22.8. The molecular formula is C23H31IN4O5. The lowest BCUT2D eigenvalue weighted by molar-refractivity contribution is -0.140. The van der Waals surface area contributed by atoms with Crippen molar-refractivity contribution in [3.8, 4) is 17.2 Å². The molecule has 0 spiro atoms. The number of fused-ring (bicyclic) bond motifs is 5. The minimum Gasteiger partial charge on any atom is -0.493 e. The van der Waals surface area contributed by atoms with Gasteiger partial charge in [0.05, 0.1) is 33.2 Å². The van der Waals surface area contributed by atoms with E-state index in [1.165, 1.54) is 4.90 Å². The first-order valence-electron chi connectivity index (χ1n) is 10.8. The number of rotatable bonds is 8. The first kappa shape index (κ1) is 25.1. The van der Waals surface area contributed by atoms with Crippen LogP contribution >= 0.6 is 24.0 Å². The molecule has 9 nitrogen and oxygen atoms in total. The van der Waals surface area contributed by atoms with E-state index in [9.17, 15) is 9.59 Å². The Bertz CT molecular complexity index is 936. The zero-order valence-electron chi connectivity index (χ0n) is 19.3. The van der Waals surface area contributed by atoms with Crippen molar-refractivity contribution in [1.29, 1.82) is 0 Å². The number of guanidine groups is 1. The van der Waals surface area contributed by atoms with Crippen LogP contribution < -0.4 is 24.8 Å². The average molecular weight is 570 g/mol. The van der Waals surface area contributed by atoms with Crippen molar-refractivity contribution in [2.24, 2.45) is 28.7 Å². The summed E-state index contributed by atoms with van der Waals surface area (Å²) in [6.45, 7) is 1.18. The Morgan fingerprint density at radius 3 is 2.18 bits per heavy atom. The number of nitrogens with zero attached hydrogens (tertiary/aromatic N) is 2. The molecule has 4 atom stereocenters. The number of nitrogens with one attached hydrogen (secondary N) is 2. The molecule has 180 valence electrons. The number of likely N-dealkylation sites (tertiary alicyclic amines) is 1. The molecule has 2 N–H and O–H groups in total. The molecule has 1 aliphatic heterocycles. The number of hydrogen-bond donors (Lipinski definition) is 2. The number of imide groups is 1. The first-order valence-corrected chi connectivity index (χ1v) is 10.8. The van der Waals surface area contributed by atoms with Crippen molar-refractivity contribution in [1.82, 2.24) is 15.5 Å². The molecule has 2 fully saturated rings. The van der Waals surface area contributed by atoms with E-state index in [-0.39, 0.29) is 59.5 Å². The van der Waals surface area contributed by atoms with Gasteiger partial charge in [-0.05, 0) is 30.4 Å². The lowest BCUT2D eigenvalue weighted by Crippen LogP contribution is -2.43. The standard InChI is InChI=1S/C23H30N4O5.HI/c1-24-23(26-12-15-7-8-16(30-2)20(32-4)19(15)31-3)25-9-10-27-21(28)17-13-5-6-14(11-13)18(17)22(27)29;/h5-8,13-14,17-18H,9-12H2,1-4H3,(H2,24,25,26);1H. The van der Waals surface area contributed by atoms with Gasteiger partial charge in [-0.3, -0.25) is 19.5 Å². The lowest BCUT2D eigenvalue weighted by Gasteiger charge is -2.19. The third-order valence-electron chi connectivity index (χ3n) is 6.65. The Morgan fingerprint density at radius 2 is 1.64 bits per heavy atom. The van der Waals surface area contributed by atoms with Crippen LogP contribution in [0.4, 0.5) is 0 Å². The topological polar surface area (TPSA) is 101 Å². The quantitative estimate of drug-likeness (QED) is 0.162. The molecule has 2 bridgehead atoms. The van der Waals surface area contributed by atoms with Gasteiger partial charge in [-0.1, -0.05) is 12.2 Å². The molecule has 1 saturated carbocycles. The molecule has 4 rings (SSSR count). The van der Waals surface area contributed by atoms with E-state index in [2.05, 4.69) is 27.8 Å². The molecule has 1 aromatic rings. The minimum absolute atomic E-state index is 0. The number of ether oxygens (including phenoxy) is 3. The number of benzene rings is 1. The molecule has 2 amide bonds. The van der Waals surface area contributed by atoms with Crippen LogP contribution in [0, 0.1) is 23.7 Å². The summed E-state index contributed by atoms with van der Waals surface area (Å²) >= 11 is 0. The van der Waals surface area contributed by atoms with Gasteiger partial charge in [-0.25, -0.2) is 0 Å². The zero-order valence-corrected chi connectivity index (χ0v) is 21.6. The number of allylic oxidation sites excluding steroid dienone is 2. The fourth-order valence-corrected chi connectivity index (χ4v) is 5.17. The highest BCUT2D eigenvalue weighted by Gasteiger charge is 2.58. The second-order valence-corrected chi connectivity index (χ2v) is 8.17. The van der Waals surface area contributed by atoms with Crippen molar-refractivity contribution in [2.45, 2.75) is 13.0 Å². The van der Waals surface area contributed by atoms with E-state index < -0.39 is 0 Å². The van der Waals surface area contributed by atoms with Crippen LogP contribution in [0.2, 0.25) is 0 Å². The number of carbonyl (C=O) groups is 2. The minimum atomic E-state index is -0.160. The molecule has 2 aliphatic carbocycles. The van der Waals surface area contributed by atoms with Gasteiger partial charge in [0.15, 0.2) is 17.5 Å². The second kappa shape index (κ2) is 10.6. The van der Waals surface area contributed by atoms with E-state index in [0.29, 0.717) is 42.8 Å². The molecule has 0 radical (unpaired) electrons. The number of halogens is 1. The van der Waals surface area contributed by atoms with Gasteiger partial charge < -0.3 is 24.8 Å². The summed E-state index contributed by atoms with van der Waals surface area (Å²) < 4.78 is 16.3. The smallest absolute Gasteiger partial charge is 0.233 e. The van der Waals surface area contributed by atoms with Crippen LogP contribution in [0.15, 0.2) is 29.3 Å². The molecule has 3 aliphatic rings. The van der Waals surface area contributed by atoms with Gasteiger partial charge in [0.2, 0.25) is 17.6 Å². The van der Waals surface area contributed by atoms with Crippen LogP contribution in [0.5, 0.6) is 17.2 Å². The van der Waals surface area contributed by atoms with Crippen molar-refractivity contribution < 1.29 is 23.8 Å². The van der Waals surface area contributed by atoms with Crippen LogP contribution in [0.1, 0.15) is 12.0 Å². The third-order valence-corrected chi connectivity index (χ3v) is 6.65. The summed E-state index contributed by atoms with van der Waals surface area (Å²) in [6, 6.07) is 3.71. The maximum Gasteiger partial charge on any atom is 0.233 e. The van der Waals surface area contributed by atoms with Crippen molar-refractivity contribution >= 4 is 41.8 Å². The van der Waals surface area contributed by atoms with Gasteiger partial charge in [0, 0.05) is 32.2 Å². The number of carbonyl (C=O) groups excluding carboxylic acids is 2. The highest BCUT2D eigenvalue weighted by Crippen LogP contribution is 2.52. The summed E-state index contributed by atoms with van der Waals surface area (Å²) in [5.74, 6) is 2.32. The monoisotopic (exact) mass is 570 g/mol. The van der Waals surface area contributed by atoms with Gasteiger partial charge >= 0.3 is 0 Å². The number of amides is 2. The second-order valence-electron chi connectivity index (χ2n) is 8.17. The Hall–Kier alpha value is -2.50.